The molecule has 0 radical (unpaired) electrons. The molecule has 0 aliphatic carbocycles. The summed E-state index contributed by atoms with van der Waals surface area (Å²) in [6.45, 7) is 9.80. The standard InChI is InChI=1S/C22H38N4O2/c1-22(2,3)10-7-11-24-21(23-4)25-17-8-12-26(13-9-17)18-14-19(27-5)16-20(15-18)28-6/h14-17H,7-13H2,1-6H3,(H2,23,24,25). The van der Waals surface area contributed by atoms with Crippen LogP contribution in [-0.4, -0.2) is 52.9 Å². The quantitative estimate of drug-likeness (QED) is 0.423. The summed E-state index contributed by atoms with van der Waals surface area (Å²) in [5, 5.41) is 7.04. The van der Waals surface area contributed by atoms with Crippen LogP contribution >= 0.6 is 0 Å². The average Bonchev–Trinajstić information content (AvgIpc) is 2.69. The third-order valence-corrected chi connectivity index (χ3v) is 5.16. The molecule has 1 aromatic carbocycles. The number of rotatable bonds is 7. The molecule has 0 atom stereocenters. The third-order valence-electron chi connectivity index (χ3n) is 5.16. The summed E-state index contributed by atoms with van der Waals surface area (Å²) < 4.78 is 10.8. The van der Waals surface area contributed by atoms with Crippen LogP contribution in [0.5, 0.6) is 11.5 Å². The molecule has 0 spiro atoms. The minimum absolute atomic E-state index is 0.383. The lowest BCUT2D eigenvalue weighted by atomic mass is 9.91. The summed E-state index contributed by atoms with van der Waals surface area (Å²) in [6, 6.07) is 6.50. The van der Waals surface area contributed by atoms with Crippen LogP contribution in [0, 0.1) is 5.41 Å². The molecule has 0 bridgehead atoms. The SMILES string of the molecule is CN=C(NCCCC(C)(C)C)NC1CCN(c2cc(OC)cc(OC)c2)CC1. The van der Waals surface area contributed by atoms with Gasteiger partial charge in [-0.1, -0.05) is 20.8 Å². The molecule has 0 unspecified atom stereocenters. The van der Waals surface area contributed by atoms with Crippen LogP contribution in [0.1, 0.15) is 46.5 Å². The van der Waals surface area contributed by atoms with E-state index >= 15 is 0 Å². The van der Waals surface area contributed by atoms with E-state index in [1.807, 2.05) is 13.1 Å². The first kappa shape index (κ1) is 22.2. The Morgan fingerprint density at radius 2 is 1.71 bits per heavy atom. The van der Waals surface area contributed by atoms with Gasteiger partial charge in [-0.05, 0) is 31.1 Å². The Bertz CT molecular complexity index is 610. The molecule has 6 heteroatoms. The Hall–Kier alpha value is -2.11. The summed E-state index contributed by atoms with van der Waals surface area (Å²) in [4.78, 5) is 6.78. The molecule has 6 nitrogen and oxygen atoms in total. The number of anilines is 1. The number of nitrogens with zero attached hydrogens (tertiary/aromatic N) is 2. The van der Waals surface area contributed by atoms with E-state index in [0.717, 1.165) is 62.0 Å². The van der Waals surface area contributed by atoms with Crippen molar-refractivity contribution in [3.8, 4) is 11.5 Å². The fourth-order valence-electron chi connectivity index (χ4n) is 3.47. The predicted octanol–water partition coefficient (Wildman–Crippen LogP) is 3.66. The summed E-state index contributed by atoms with van der Waals surface area (Å²) in [5.74, 6) is 2.57. The number of piperidine rings is 1. The van der Waals surface area contributed by atoms with E-state index < -0.39 is 0 Å². The van der Waals surface area contributed by atoms with E-state index in [1.54, 1.807) is 14.2 Å². The second-order valence-electron chi connectivity index (χ2n) is 8.64. The lowest BCUT2D eigenvalue weighted by Crippen LogP contribution is -2.49. The van der Waals surface area contributed by atoms with Crippen molar-refractivity contribution in [1.29, 1.82) is 0 Å². The van der Waals surface area contributed by atoms with Gasteiger partial charge in [0.05, 0.1) is 14.2 Å². The summed E-state index contributed by atoms with van der Waals surface area (Å²) in [6.07, 6.45) is 4.50. The number of benzene rings is 1. The number of hydrogen-bond acceptors (Lipinski definition) is 4. The van der Waals surface area contributed by atoms with Gasteiger partial charge in [0.15, 0.2) is 5.96 Å². The number of nitrogens with one attached hydrogen (secondary N) is 2. The molecule has 1 saturated heterocycles. The van der Waals surface area contributed by atoms with E-state index in [0.29, 0.717) is 11.5 Å². The van der Waals surface area contributed by atoms with Crippen molar-refractivity contribution in [2.45, 2.75) is 52.5 Å². The maximum Gasteiger partial charge on any atom is 0.191 e. The molecule has 1 heterocycles. The van der Waals surface area contributed by atoms with Crippen molar-refractivity contribution in [1.82, 2.24) is 10.6 Å². The second-order valence-corrected chi connectivity index (χ2v) is 8.64. The first-order valence-corrected chi connectivity index (χ1v) is 10.3. The van der Waals surface area contributed by atoms with Gasteiger partial charge in [0.25, 0.3) is 0 Å². The normalized spacial score (nSPS) is 16.1. The van der Waals surface area contributed by atoms with Crippen molar-refractivity contribution < 1.29 is 9.47 Å². The number of aliphatic imine (C=N–C) groups is 1. The Labute approximate surface area is 170 Å². The largest absolute Gasteiger partial charge is 0.497 e. The maximum atomic E-state index is 5.40. The Morgan fingerprint density at radius 1 is 1.11 bits per heavy atom. The zero-order valence-corrected chi connectivity index (χ0v) is 18.5. The highest BCUT2D eigenvalue weighted by Gasteiger charge is 2.21. The molecule has 1 aliphatic heterocycles. The summed E-state index contributed by atoms with van der Waals surface area (Å²) >= 11 is 0. The smallest absolute Gasteiger partial charge is 0.191 e. The van der Waals surface area contributed by atoms with Gasteiger partial charge in [0.2, 0.25) is 0 Å². The molecule has 2 rings (SSSR count). The number of ether oxygens (including phenoxy) is 2. The molecule has 1 fully saturated rings. The van der Waals surface area contributed by atoms with Crippen LogP contribution in [0.4, 0.5) is 5.69 Å². The van der Waals surface area contributed by atoms with Gasteiger partial charge in [0.1, 0.15) is 11.5 Å². The summed E-state index contributed by atoms with van der Waals surface area (Å²) in [5.41, 5.74) is 1.54. The Balaban J connectivity index is 1.81. The van der Waals surface area contributed by atoms with Gasteiger partial charge in [-0.25, -0.2) is 0 Å². The van der Waals surface area contributed by atoms with E-state index in [-0.39, 0.29) is 0 Å². The predicted molar refractivity (Wildman–Crippen MR) is 118 cm³/mol. The number of methoxy groups -OCH3 is 2. The highest BCUT2D eigenvalue weighted by molar-refractivity contribution is 5.80. The molecule has 158 valence electrons. The average molecular weight is 391 g/mol. The van der Waals surface area contributed by atoms with E-state index in [1.165, 1.54) is 6.42 Å². The monoisotopic (exact) mass is 390 g/mol. The molecule has 2 N–H and O–H groups in total. The zero-order chi connectivity index (χ0) is 20.6. The van der Waals surface area contributed by atoms with E-state index in [9.17, 15) is 0 Å². The maximum absolute atomic E-state index is 5.40. The van der Waals surface area contributed by atoms with Crippen LogP contribution in [-0.2, 0) is 0 Å². The van der Waals surface area contributed by atoms with Gasteiger partial charge in [-0.15, -0.1) is 0 Å². The lowest BCUT2D eigenvalue weighted by molar-refractivity contribution is 0.365. The van der Waals surface area contributed by atoms with Gasteiger partial charge >= 0.3 is 0 Å². The van der Waals surface area contributed by atoms with Crippen LogP contribution in [0.15, 0.2) is 23.2 Å². The summed E-state index contributed by atoms with van der Waals surface area (Å²) in [7, 11) is 5.22. The molecule has 1 aliphatic rings. The Kier molecular flexibility index (Phi) is 8.27. The molecule has 0 amide bonds. The van der Waals surface area contributed by atoms with E-state index in [2.05, 4.69) is 53.4 Å². The molecule has 28 heavy (non-hydrogen) atoms. The first-order chi connectivity index (χ1) is 13.3. The number of guanidine groups is 1. The van der Waals surface area contributed by atoms with Crippen molar-refractivity contribution >= 4 is 11.6 Å². The molecular weight excluding hydrogens is 352 g/mol. The molecule has 1 aromatic rings. The molecule has 0 saturated carbocycles. The topological polar surface area (TPSA) is 58.1 Å². The fraction of sp³-hybridized carbons (Fsp3) is 0.682. The van der Waals surface area contributed by atoms with Crippen molar-refractivity contribution in [3.05, 3.63) is 18.2 Å². The number of hydrogen-bond donors (Lipinski definition) is 2. The first-order valence-electron chi connectivity index (χ1n) is 10.3. The molecular formula is C22H38N4O2. The zero-order valence-electron chi connectivity index (χ0n) is 18.5. The van der Waals surface area contributed by atoms with Crippen LogP contribution < -0.4 is 25.0 Å². The van der Waals surface area contributed by atoms with Gasteiger partial charge in [-0.3, -0.25) is 4.99 Å². The van der Waals surface area contributed by atoms with Crippen LogP contribution in [0.25, 0.3) is 0 Å². The third kappa shape index (κ3) is 7.13. The highest BCUT2D eigenvalue weighted by atomic mass is 16.5. The van der Waals surface area contributed by atoms with Crippen molar-refractivity contribution in [2.24, 2.45) is 10.4 Å². The van der Waals surface area contributed by atoms with Gasteiger partial charge in [0, 0.05) is 56.6 Å². The van der Waals surface area contributed by atoms with Gasteiger partial charge < -0.3 is 25.0 Å². The fourth-order valence-corrected chi connectivity index (χ4v) is 3.47. The van der Waals surface area contributed by atoms with Crippen LogP contribution in [0.2, 0.25) is 0 Å². The minimum atomic E-state index is 0.383. The minimum Gasteiger partial charge on any atom is -0.497 e. The highest BCUT2D eigenvalue weighted by Crippen LogP contribution is 2.30. The molecule has 0 aromatic heterocycles. The van der Waals surface area contributed by atoms with Crippen molar-refractivity contribution in [2.75, 3.05) is 45.8 Å². The lowest BCUT2D eigenvalue weighted by Gasteiger charge is -2.34. The second kappa shape index (κ2) is 10.4. The van der Waals surface area contributed by atoms with Crippen LogP contribution in [0.3, 0.4) is 0 Å². The van der Waals surface area contributed by atoms with E-state index in [4.69, 9.17) is 9.47 Å². The van der Waals surface area contributed by atoms with Crippen molar-refractivity contribution in [3.63, 3.8) is 0 Å². The Morgan fingerprint density at radius 3 is 2.21 bits per heavy atom. The van der Waals surface area contributed by atoms with Gasteiger partial charge in [-0.2, -0.15) is 0 Å².